The minimum atomic E-state index is 0.417. The van der Waals surface area contributed by atoms with Crippen molar-refractivity contribution < 1.29 is 4.74 Å². The highest BCUT2D eigenvalue weighted by molar-refractivity contribution is 6.31. The van der Waals surface area contributed by atoms with Crippen LogP contribution < -0.4 is 0 Å². The fraction of sp³-hybridized carbons (Fsp3) is 0.333. The van der Waals surface area contributed by atoms with Crippen molar-refractivity contribution in [1.82, 2.24) is 0 Å². The highest BCUT2D eigenvalue weighted by Crippen LogP contribution is 1.65. The van der Waals surface area contributed by atoms with E-state index < -0.39 is 0 Å². The molecule has 1 nitrogen and oxygen atoms in total. The molecule has 0 saturated carbocycles. The van der Waals surface area contributed by atoms with E-state index in [1.54, 1.807) is 0 Å². The molecule has 0 aliphatic rings. The Bertz CT molecular complexity index is 46.5. The summed E-state index contributed by atoms with van der Waals surface area (Å²) in [7, 11) is 0.417. The second kappa shape index (κ2) is 16.1. The van der Waals surface area contributed by atoms with Gasteiger partial charge in [-0.1, -0.05) is 26.3 Å². The first-order valence-electron chi connectivity index (χ1n) is 2.70. The molecule has 0 atom stereocenters. The molecule has 0 aromatic rings. The van der Waals surface area contributed by atoms with Gasteiger partial charge in [0.2, 0.25) is 0 Å². The quantitative estimate of drug-likeness (QED) is 0.407. The molecule has 0 aromatic heterocycles. The fourth-order valence-electron chi connectivity index (χ4n) is 0.0680. The van der Waals surface area contributed by atoms with Gasteiger partial charge in [-0.3, -0.25) is 0 Å². The molecular weight excluding hydrogens is 116 g/mol. The van der Waals surface area contributed by atoms with Crippen LogP contribution in [0.1, 0.15) is 0 Å². The molecule has 2 heteroatoms. The average Bonchev–Trinajstić information content (AvgIpc) is 1.71. The molecular formula is C6H14OSi. The Morgan fingerprint density at radius 2 is 1.50 bits per heavy atom. The Labute approximate surface area is 53.9 Å². The molecule has 0 unspecified atom stereocenters. The normalized spacial score (nSPS) is 5.75. The van der Waals surface area contributed by atoms with Crippen LogP contribution in [-0.4, -0.2) is 9.52 Å². The van der Waals surface area contributed by atoms with Crippen molar-refractivity contribution in [3.05, 3.63) is 25.7 Å². The van der Waals surface area contributed by atoms with E-state index in [4.69, 9.17) is 0 Å². The summed E-state index contributed by atoms with van der Waals surface area (Å²) < 4.78 is 4.36. The first kappa shape index (κ1) is 10.5. The molecule has 0 spiro atoms. The molecule has 0 N–H and O–H groups in total. The van der Waals surface area contributed by atoms with Crippen molar-refractivity contribution in [2.75, 3.05) is 0 Å². The summed E-state index contributed by atoms with van der Waals surface area (Å²) >= 11 is 0. The van der Waals surface area contributed by atoms with Gasteiger partial charge >= 0.3 is 0 Å². The maximum Gasteiger partial charge on any atom is 0.0829 e. The predicted molar refractivity (Wildman–Crippen MR) is 41.8 cm³/mol. The van der Waals surface area contributed by atoms with Crippen LogP contribution in [-0.2, 0) is 4.74 Å². The third kappa shape index (κ3) is 49.6. The largest absolute Gasteiger partial charge is 0.474 e. The average molecular weight is 130 g/mol. The van der Waals surface area contributed by atoms with Crippen molar-refractivity contribution in [3.63, 3.8) is 0 Å². The summed E-state index contributed by atoms with van der Waals surface area (Å²) in [5.74, 6) is 0. The van der Waals surface area contributed by atoms with Gasteiger partial charge < -0.3 is 4.74 Å². The summed E-state index contributed by atoms with van der Waals surface area (Å²) in [6, 6.07) is 0. The topological polar surface area (TPSA) is 9.23 Å². The van der Waals surface area contributed by atoms with Gasteiger partial charge in [0, 0.05) is 9.52 Å². The van der Waals surface area contributed by atoms with E-state index in [-0.39, 0.29) is 0 Å². The second-order valence-corrected chi connectivity index (χ2v) is 2.59. The van der Waals surface area contributed by atoms with Crippen molar-refractivity contribution in [1.29, 1.82) is 0 Å². The predicted octanol–water partition coefficient (Wildman–Crippen LogP) is 1.54. The molecule has 0 fully saturated rings. The van der Waals surface area contributed by atoms with Gasteiger partial charge in [0.15, 0.2) is 0 Å². The molecule has 0 radical (unpaired) electrons. The minimum Gasteiger partial charge on any atom is -0.474 e. The van der Waals surface area contributed by atoms with Gasteiger partial charge in [-0.05, 0) is 0 Å². The molecule has 0 amide bonds. The maximum absolute atomic E-state index is 4.36. The highest BCUT2D eigenvalue weighted by atomic mass is 28.2. The number of hydrogen-bond acceptors (Lipinski definition) is 1. The van der Waals surface area contributed by atoms with Crippen LogP contribution in [0.15, 0.2) is 25.7 Å². The van der Waals surface area contributed by atoms with Gasteiger partial charge in [0.1, 0.15) is 0 Å². The van der Waals surface area contributed by atoms with E-state index in [1.165, 1.54) is 12.5 Å². The molecule has 0 aromatic carbocycles. The van der Waals surface area contributed by atoms with Crippen molar-refractivity contribution >= 4 is 9.52 Å². The molecule has 0 aliphatic heterocycles. The lowest BCUT2D eigenvalue weighted by Gasteiger charge is -1.76. The lowest BCUT2D eigenvalue weighted by molar-refractivity contribution is 0.406. The van der Waals surface area contributed by atoms with Crippen molar-refractivity contribution in [2.24, 2.45) is 0 Å². The van der Waals surface area contributed by atoms with Crippen LogP contribution >= 0.6 is 0 Å². The van der Waals surface area contributed by atoms with Crippen LogP contribution in [0.2, 0.25) is 13.1 Å². The Kier molecular flexibility index (Phi) is 21.0. The van der Waals surface area contributed by atoms with Crippen LogP contribution in [0.5, 0.6) is 0 Å². The van der Waals surface area contributed by atoms with Crippen molar-refractivity contribution in [3.8, 4) is 0 Å². The monoisotopic (exact) mass is 130 g/mol. The van der Waals surface area contributed by atoms with Gasteiger partial charge in [0.25, 0.3) is 0 Å². The first-order valence-corrected chi connectivity index (χ1v) is 5.53. The zero-order valence-electron chi connectivity index (χ0n) is 5.68. The Balaban J connectivity index is 0. The van der Waals surface area contributed by atoms with Crippen LogP contribution in [0.25, 0.3) is 0 Å². The lowest BCUT2D eigenvalue weighted by atomic mass is 11.1. The van der Waals surface area contributed by atoms with Gasteiger partial charge in [0.05, 0.1) is 12.5 Å². The number of rotatable bonds is 2. The first-order chi connectivity index (χ1) is 3.83. The number of hydrogen-bond donors (Lipinski definition) is 0. The summed E-state index contributed by atoms with van der Waals surface area (Å²) in [5.41, 5.74) is 0. The third-order valence-electron chi connectivity index (χ3n) is 0.192. The molecule has 48 valence electrons. The lowest BCUT2D eigenvalue weighted by Crippen LogP contribution is -1.53. The zero-order chi connectivity index (χ0) is 6.83. The van der Waals surface area contributed by atoms with E-state index in [9.17, 15) is 0 Å². The Morgan fingerprint density at radius 1 is 1.25 bits per heavy atom. The molecule has 0 aliphatic carbocycles. The van der Waals surface area contributed by atoms with Gasteiger partial charge in [-0.15, -0.1) is 0 Å². The molecule has 0 rings (SSSR count). The van der Waals surface area contributed by atoms with Crippen LogP contribution in [0, 0.1) is 0 Å². The van der Waals surface area contributed by atoms with E-state index in [1.807, 2.05) is 0 Å². The molecule has 0 bridgehead atoms. The summed E-state index contributed by atoms with van der Waals surface area (Å²) in [6.07, 6.45) is 2.62. The molecule has 0 saturated heterocycles. The van der Waals surface area contributed by atoms with Crippen LogP contribution in [0.4, 0.5) is 0 Å². The van der Waals surface area contributed by atoms with Gasteiger partial charge in [-0.25, -0.2) is 0 Å². The van der Waals surface area contributed by atoms with Crippen LogP contribution in [0.3, 0.4) is 0 Å². The van der Waals surface area contributed by atoms with E-state index in [2.05, 4.69) is 31.0 Å². The Morgan fingerprint density at radius 3 is 1.50 bits per heavy atom. The maximum atomic E-state index is 4.36. The SMILES string of the molecule is C=COC=C.C[SiH2]C. The van der Waals surface area contributed by atoms with Crippen molar-refractivity contribution in [2.45, 2.75) is 13.1 Å². The molecule has 8 heavy (non-hydrogen) atoms. The third-order valence-corrected chi connectivity index (χ3v) is 0.192. The molecule has 0 heterocycles. The van der Waals surface area contributed by atoms with E-state index in [0.717, 1.165) is 0 Å². The highest BCUT2D eigenvalue weighted by Gasteiger charge is 1.45. The zero-order valence-corrected chi connectivity index (χ0v) is 7.10. The van der Waals surface area contributed by atoms with Gasteiger partial charge in [-0.2, -0.15) is 0 Å². The summed E-state index contributed by atoms with van der Waals surface area (Å²) in [4.78, 5) is 0. The fourth-order valence-corrected chi connectivity index (χ4v) is 0.0680. The second-order valence-electron chi connectivity index (χ2n) is 1.18. The minimum absolute atomic E-state index is 0.417. The Hall–Kier alpha value is -0.503. The standard InChI is InChI=1S/C4H6O.C2H8Si/c1-3-5-4-2;1-3-2/h3-4H,1-2H2;3H2,1-2H3. The number of ether oxygens (including phenoxy) is 1. The summed E-state index contributed by atoms with van der Waals surface area (Å²) in [6.45, 7) is 11.0. The smallest absolute Gasteiger partial charge is 0.0829 e. The van der Waals surface area contributed by atoms with E-state index >= 15 is 0 Å². The summed E-state index contributed by atoms with van der Waals surface area (Å²) in [5, 5.41) is 0. The van der Waals surface area contributed by atoms with E-state index in [0.29, 0.717) is 9.52 Å².